The van der Waals surface area contributed by atoms with Crippen LogP contribution in [0.5, 0.6) is 5.75 Å². The standard InChI is InChI=1S/C27H39F3N2O3.C2H6/c1-6-18(3)25(32-26(19(4)7-2)23-11-10-14-31-23)21-12-13-24(22(17-21)27(28,29)30)35-16-9-8-15-34-20(5)33;1-2/h12-13,17,19,23,31H,6-11,14-16H2,1-5H3;1-2H3. The Kier molecular flexibility index (Phi) is 14.6. The number of nitrogens with zero attached hydrogens (tertiary/aromatic N) is 1. The van der Waals surface area contributed by atoms with Crippen molar-refractivity contribution < 1.29 is 27.4 Å². The lowest BCUT2D eigenvalue weighted by Crippen LogP contribution is -2.34. The molecule has 210 valence electrons. The predicted octanol–water partition coefficient (Wildman–Crippen LogP) is 7.83. The van der Waals surface area contributed by atoms with Gasteiger partial charge in [0, 0.05) is 24.2 Å². The fourth-order valence-electron chi connectivity index (χ4n) is 4.01. The van der Waals surface area contributed by atoms with Crippen LogP contribution in [0.1, 0.15) is 98.1 Å². The van der Waals surface area contributed by atoms with Crippen LogP contribution in [-0.4, -0.2) is 37.5 Å². The number of carbonyl (C=O) groups excluding carboxylic acids is 1. The molecule has 1 saturated heterocycles. The molecule has 0 aromatic heterocycles. The quantitative estimate of drug-likeness (QED) is 0.171. The summed E-state index contributed by atoms with van der Waals surface area (Å²) in [7, 11) is 0. The first kappa shape index (κ1) is 32.7. The molecule has 0 amide bonds. The van der Waals surface area contributed by atoms with Crippen LogP contribution in [0, 0.1) is 5.92 Å². The summed E-state index contributed by atoms with van der Waals surface area (Å²) in [6, 6.07) is 4.36. The maximum Gasteiger partial charge on any atom is 0.419 e. The lowest BCUT2D eigenvalue weighted by molar-refractivity contribution is -0.141. The average Bonchev–Trinajstić information content (AvgIpc) is 3.41. The van der Waals surface area contributed by atoms with Gasteiger partial charge in [-0.3, -0.25) is 9.79 Å². The van der Waals surface area contributed by atoms with Crippen LogP contribution in [0.2, 0.25) is 0 Å². The molecule has 1 heterocycles. The number of aliphatic imine (C=N–C) groups is 1. The summed E-state index contributed by atoms with van der Waals surface area (Å²) in [5.41, 5.74) is 2.19. The number of benzene rings is 1. The molecule has 2 atom stereocenters. The number of esters is 1. The van der Waals surface area contributed by atoms with E-state index in [4.69, 9.17) is 14.5 Å². The van der Waals surface area contributed by atoms with Crippen molar-refractivity contribution in [1.29, 1.82) is 0 Å². The smallest absolute Gasteiger partial charge is 0.419 e. The Morgan fingerprint density at radius 3 is 2.38 bits per heavy atom. The van der Waals surface area contributed by atoms with E-state index in [-0.39, 0.29) is 36.9 Å². The second-order valence-electron chi connectivity index (χ2n) is 9.08. The van der Waals surface area contributed by atoms with E-state index >= 15 is 0 Å². The van der Waals surface area contributed by atoms with Crippen LogP contribution < -0.4 is 10.1 Å². The van der Waals surface area contributed by atoms with Crippen LogP contribution >= 0.6 is 0 Å². The van der Waals surface area contributed by atoms with Gasteiger partial charge in [-0.25, -0.2) is 0 Å². The van der Waals surface area contributed by atoms with Crippen molar-refractivity contribution in [2.24, 2.45) is 10.9 Å². The summed E-state index contributed by atoms with van der Waals surface area (Å²) < 4.78 is 52.3. The molecule has 1 fully saturated rings. The molecule has 1 aromatic rings. The molecule has 37 heavy (non-hydrogen) atoms. The van der Waals surface area contributed by atoms with E-state index in [9.17, 15) is 18.0 Å². The molecule has 1 N–H and O–H groups in total. The van der Waals surface area contributed by atoms with E-state index in [1.165, 1.54) is 13.0 Å². The number of nitrogens with one attached hydrogen (secondary N) is 1. The molecule has 0 aliphatic carbocycles. The SMILES string of the molecule is CC.CCC(C)=C(N=C(C(C)CC)C1CCCN1)c1ccc(OCCCCOC(C)=O)c(C(F)(F)F)c1. The van der Waals surface area contributed by atoms with Gasteiger partial charge in [0.05, 0.1) is 24.5 Å². The third-order valence-corrected chi connectivity index (χ3v) is 6.37. The summed E-state index contributed by atoms with van der Waals surface area (Å²) in [5.74, 6) is -0.359. The minimum absolute atomic E-state index is 0.101. The highest BCUT2D eigenvalue weighted by atomic mass is 19.4. The Morgan fingerprint density at radius 2 is 1.84 bits per heavy atom. The normalized spacial score (nSPS) is 17.5. The second-order valence-corrected chi connectivity index (χ2v) is 9.08. The molecule has 1 aromatic carbocycles. The largest absolute Gasteiger partial charge is 0.493 e. The van der Waals surface area contributed by atoms with Crippen LogP contribution in [0.3, 0.4) is 0 Å². The number of halogens is 3. The summed E-state index contributed by atoms with van der Waals surface area (Å²) >= 11 is 0. The first-order chi connectivity index (χ1) is 17.6. The number of hydrogen-bond donors (Lipinski definition) is 1. The number of unbranched alkanes of at least 4 members (excludes halogenated alkanes) is 1. The molecule has 0 bridgehead atoms. The van der Waals surface area contributed by atoms with Crippen LogP contribution in [0.4, 0.5) is 13.2 Å². The summed E-state index contributed by atoms with van der Waals surface area (Å²) in [5, 5.41) is 3.49. The average molecular weight is 527 g/mol. The van der Waals surface area contributed by atoms with Crippen molar-refractivity contribution in [2.45, 2.75) is 99.2 Å². The molecule has 2 unspecified atom stereocenters. The van der Waals surface area contributed by atoms with Crippen molar-refractivity contribution in [3.05, 3.63) is 34.9 Å². The number of carbonyl (C=O) groups is 1. The number of allylic oxidation sites excluding steroid dienone is 1. The van der Waals surface area contributed by atoms with Crippen molar-refractivity contribution in [2.75, 3.05) is 19.8 Å². The summed E-state index contributed by atoms with van der Waals surface area (Å²) in [6.07, 6.45) is 0.0781. The zero-order valence-corrected chi connectivity index (χ0v) is 23.6. The first-order valence-corrected chi connectivity index (χ1v) is 13.6. The highest BCUT2D eigenvalue weighted by Gasteiger charge is 2.35. The Balaban J connectivity index is 0.00000334. The third-order valence-electron chi connectivity index (χ3n) is 6.37. The Hall–Kier alpha value is -2.35. The Labute approximate surface area is 220 Å². The van der Waals surface area contributed by atoms with E-state index in [1.54, 1.807) is 6.07 Å². The maximum atomic E-state index is 14.0. The fraction of sp³-hybridized carbons (Fsp3) is 0.655. The molecule has 0 spiro atoms. The van der Waals surface area contributed by atoms with E-state index in [2.05, 4.69) is 19.2 Å². The van der Waals surface area contributed by atoms with Gasteiger partial charge in [-0.15, -0.1) is 0 Å². The molecule has 2 rings (SSSR count). The number of alkyl halides is 3. The predicted molar refractivity (Wildman–Crippen MR) is 145 cm³/mol. The second kappa shape index (κ2) is 16.5. The number of ether oxygens (including phenoxy) is 2. The van der Waals surface area contributed by atoms with E-state index in [0.717, 1.165) is 43.2 Å². The van der Waals surface area contributed by atoms with Crippen LogP contribution in [0.15, 0.2) is 28.8 Å². The van der Waals surface area contributed by atoms with Crippen molar-refractivity contribution in [1.82, 2.24) is 5.32 Å². The van der Waals surface area contributed by atoms with Gasteiger partial charge in [0.2, 0.25) is 0 Å². The van der Waals surface area contributed by atoms with Gasteiger partial charge in [0.15, 0.2) is 0 Å². The fourth-order valence-corrected chi connectivity index (χ4v) is 4.01. The van der Waals surface area contributed by atoms with Gasteiger partial charge in [-0.2, -0.15) is 13.2 Å². The first-order valence-electron chi connectivity index (χ1n) is 13.6. The van der Waals surface area contributed by atoms with Gasteiger partial charge in [-0.1, -0.05) is 34.6 Å². The Bertz CT molecular complexity index is 904. The molecule has 0 saturated carbocycles. The van der Waals surface area contributed by atoms with Crippen molar-refractivity contribution in [3.63, 3.8) is 0 Å². The van der Waals surface area contributed by atoms with Gasteiger partial charge in [0.25, 0.3) is 0 Å². The Morgan fingerprint density at radius 1 is 1.16 bits per heavy atom. The van der Waals surface area contributed by atoms with E-state index < -0.39 is 11.7 Å². The molecular formula is C29H45F3N2O3. The minimum atomic E-state index is -4.56. The van der Waals surface area contributed by atoms with E-state index in [1.807, 2.05) is 27.7 Å². The van der Waals surface area contributed by atoms with Gasteiger partial charge in [-0.05, 0) is 81.7 Å². The lowest BCUT2D eigenvalue weighted by atomic mass is 9.94. The molecule has 5 nitrogen and oxygen atoms in total. The lowest BCUT2D eigenvalue weighted by Gasteiger charge is -2.22. The zero-order chi connectivity index (χ0) is 28.0. The highest BCUT2D eigenvalue weighted by Crippen LogP contribution is 2.39. The van der Waals surface area contributed by atoms with Crippen molar-refractivity contribution >= 4 is 17.4 Å². The number of rotatable bonds is 12. The van der Waals surface area contributed by atoms with Crippen molar-refractivity contribution in [3.8, 4) is 5.75 Å². The third kappa shape index (κ3) is 10.5. The minimum Gasteiger partial charge on any atom is -0.493 e. The molecule has 1 aliphatic heterocycles. The van der Waals surface area contributed by atoms with Crippen LogP contribution in [-0.2, 0) is 15.7 Å². The van der Waals surface area contributed by atoms with Gasteiger partial charge in [0.1, 0.15) is 5.75 Å². The van der Waals surface area contributed by atoms with Gasteiger partial charge >= 0.3 is 12.1 Å². The molecule has 8 heteroatoms. The highest BCUT2D eigenvalue weighted by molar-refractivity contribution is 5.96. The topological polar surface area (TPSA) is 59.9 Å². The van der Waals surface area contributed by atoms with Gasteiger partial charge < -0.3 is 14.8 Å². The summed E-state index contributed by atoms with van der Waals surface area (Å²) in [4.78, 5) is 15.8. The molecule has 0 radical (unpaired) electrons. The molecular weight excluding hydrogens is 481 g/mol. The maximum absolute atomic E-state index is 14.0. The monoisotopic (exact) mass is 526 g/mol. The number of hydrogen-bond acceptors (Lipinski definition) is 5. The zero-order valence-electron chi connectivity index (χ0n) is 23.6. The summed E-state index contributed by atoms with van der Waals surface area (Å²) in [6.45, 7) is 14.7. The van der Waals surface area contributed by atoms with Crippen LogP contribution in [0.25, 0.3) is 5.70 Å². The molecule has 1 aliphatic rings. The van der Waals surface area contributed by atoms with E-state index in [0.29, 0.717) is 30.5 Å².